The van der Waals surface area contributed by atoms with Crippen molar-refractivity contribution in [2.24, 2.45) is 0 Å². The molecule has 0 aliphatic carbocycles. The number of hydrogen-bond donors (Lipinski definition) is 0. The summed E-state index contributed by atoms with van der Waals surface area (Å²) in [4.78, 5) is 0. The zero-order valence-electron chi connectivity index (χ0n) is 17.5. The Kier molecular flexibility index (Phi) is 7.06. The smallest absolute Gasteiger partial charge is 0.231 e. The predicted molar refractivity (Wildman–Crippen MR) is 108 cm³/mol. The molecule has 2 aromatic rings. The summed E-state index contributed by atoms with van der Waals surface area (Å²) in [6, 6.07) is 9.77. The number of benzene rings is 2. The van der Waals surface area contributed by atoms with Gasteiger partial charge < -0.3 is 33.2 Å². The lowest BCUT2D eigenvalue weighted by molar-refractivity contribution is 0.0217. The third-order valence-electron chi connectivity index (χ3n) is 5.09. The molecule has 0 aromatic heterocycles. The Bertz CT molecular complexity index is 804. The van der Waals surface area contributed by atoms with Gasteiger partial charge in [0.05, 0.1) is 33.5 Å². The molecule has 29 heavy (non-hydrogen) atoms. The van der Waals surface area contributed by atoms with Gasteiger partial charge in [0.15, 0.2) is 11.5 Å². The van der Waals surface area contributed by atoms with Gasteiger partial charge in [-0.3, -0.25) is 0 Å². The molecule has 2 atom stereocenters. The highest BCUT2D eigenvalue weighted by molar-refractivity contribution is 5.64. The van der Waals surface area contributed by atoms with Crippen LogP contribution in [-0.2, 0) is 15.9 Å². The van der Waals surface area contributed by atoms with Crippen molar-refractivity contribution in [3.05, 3.63) is 41.5 Å². The van der Waals surface area contributed by atoms with E-state index in [-0.39, 0.29) is 19.0 Å². The molecule has 1 aliphatic heterocycles. The first kappa shape index (κ1) is 21.1. The summed E-state index contributed by atoms with van der Waals surface area (Å²) in [5, 5.41) is 0. The van der Waals surface area contributed by atoms with Crippen LogP contribution >= 0.6 is 0 Å². The maximum absolute atomic E-state index is 5.77. The zero-order valence-corrected chi connectivity index (χ0v) is 17.5. The topological polar surface area (TPSA) is 64.6 Å². The average Bonchev–Trinajstić information content (AvgIpc) is 3.25. The third-order valence-corrected chi connectivity index (χ3v) is 5.09. The summed E-state index contributed by atoms with van der Waals surface area (Å²) in [5.74, 6) is 3.19. The van der Waals surface area contributed by atoms with Gasteiger partial charge >= 0.3 is 0 Å². The van der Waals surface area contributed by atoms with E-state index in [0.29, 0.717) is 35.8 Å². The minimum atomic E-state index is -0.118. The van der Waals surface area contributed by atoms with Crippen molar-refractivity contribution in [1.82, 2.24) is 0 Å². The van der Waals surface area contributed by atoms with Crippen molar-refractivity contribution < 1.29 is 33.2 Å². The molecule has 0 saturated heterocycles. The van der Waals surface area contributed by atoms with Crippen LogP contribution in [0.4, 0.5) is 0 Å². The molecule has 7 nitrogen and oxygen atoms in total. The van der Waals surface area contributed by atoms with Gasteiger partial charge in [-0.2, -0.15) is 0 Å². The van der Waals surface area contributed by atoms with E-state index in [2.05, 4.69) is 0 Å². The van der Waals surface area contributed by atoms with Gasteiger partial charge in [0.1, 0.15) is 5.75 Å². The maximum Gasteiger partial charge on any atom is 0.231 e. The minimum absolute atomic E-state index is 0.110. The molecule has 7 heteroatoms. The van der Waals surface area contributed by atoms with Crippen LogP contribution in [0.3, 0.4) is 0 Å². The molecule has 0 bridgehead atoms. The number of rotatable bonds is 10. The molecule has 2 aromatic carbocycles. The third kappa shape index (κ3) is 4.52. The van der Waals surface area contributed by atoms with Crippen molar-refractivity contribution in [3.8, 4) is 28.7 Å². The largest absolute Gasteiger partial charge is 0.497 e. The highest BCUT2D eigenvalue weighted by atomic mass is 16.7. The van der Waals surface area contributed by atoms with Crippen molar-refractivity contribution in [2.45, 2.75) is 25.0 Å². The molecular weight excluding hydrogens is 376 g/mol. The SMILES string of the molecule is COc1ccc([C@@H](C[C@H](Cc2cc(OC)c3c(c2OC)OCO3)OC)OC)cc1. The van der Waals surface area contributed by atoms with Crippen molar-refractivity contribution in [2.75, 3.05) is 42.3 Å². The fourth-order valence-electron chi connectivity index (χ4n) is 3.53. The lowest BCUT2D eigenvalue weighted by Gasteiger charge is -2.23. The molecule has 0 fully saturated rings. The number of ether oxygens (including phenoxy) is 7. The Labute approximate surface area is 171 Å². The predicted octanol–water partition coefficient (Wildman–Crippen LogP) is 3.78. The minimum Gasteiger partial charge on any atom is -0.497 e. The van der Waals surface area contributed by atoms with Gasteiger partial charge in [-0.15, -0.1) is 0 Å². The van der Waals surface area contributed by atoms with Crippen LogP contribution in [0.15, 0.2) is 30.3 Å². The van der Waals surface area contributed by atoms with E-state index in [1.807, 2.05) is 30.3 Å². The lowest BCUT2D eigenvalue weighted by Crippen LogP contribution is -2.19. The Hall–Kier alpha value is -2.64. The molecule has 0 radical (unpaired) electrons. The molecule has 0 spiro atoms. The second-order valence-electron chi connectivity index (χ2n) is 6.63. The lowest BCUT2D eigenvalue weighted by atomic mass is 9.97. The molecule has 0 unspecified atom stereocenters. The Balaban J connectivity index is 1.81. The van der Waals surface area contributed by atoms with Crippen LogP contribution in [-0.4, -0.2) is 48.4 Å². The average molecular weight is 404 g/mol. The summed E-state index contributed by atoms with van der Waals surface area (Å²) < 4.78 is 38.9. The first-order chi connectivity index (χ1) is 14.1. The molecule has 0 amide bonds. The van der Waals surface area contributed by atoms with Gasteiger partial charge in [0, 0.05) is 32.6 Å². The van der Waals surface area contributed by atoms with Crippen LogP contribution in [0.25, 0.3) is 0 Å². The molecular formula is C22H28O7. The molecule has 158 valence electrons. The van der Waals surface area contributed by atoms with Gasteiger partial charge in [-0.1, -0.05) is 12.1 Å². The second kappa shape index (κ2) is 9.71. The van der Waals surface area contributed by atoms with E-state index in [1.54, 1.807) is 35.5 Å². The fourth-order valence-corrected chi connectivity index (χ4v) is 3.53. The number of methoxy groups -OCH3 is 5. The van der Waals surface area contributed by atoms with Crippen molar-refractivity contribution >= 4 is 0 Å². The first-order valence-corrected chi connectivity index (χ1v) is 9.38. The van der Waals surface area contributed by atoms with Crippen LogP contribution in [0.5, 0.6) is 28.7 Å². The summed E-state index contributed by atoms with van der Waals surface area (Å²) in [6.45, 7) is 0.141. The van der Waals surface area contributed by atoms with Gasteiger partial charge in [-0.05, 0) is 23.8 Å². The summed E-state index contributed by atoms with van der Waals surface area (Å²) in [6.07, 6.45) is 1.04. The van der Waals surface area contributed by atoms with Gasteiger partial charge in [0.2, 0.25) is 18.3 Å². The zero-order chi connectivity index (χ0) is 20.8. The van der Waals surface area contributed by atoms with Crippen LogP contribution in [0.1, 0.15) is 23.7 Å². The monoisotopic (exact) mass is 404 g/mol. The van der Waals surface area contributed by atoms with Crippen molar-refractivity contribution in [3.63, 3.8) is 0 Å². The van der Waals surface area contributed by atoms with Crippen molar-refractivity contribution in [1.29, 1.82) is 0 Å². The maximum atomic E-state index is 5.77. The Morgan fingerprint density at radius 2 is 1.59 bits per heavy atom. The van der Waals surface area contributed by atoms with E-state index in [0.717, 1.165) is 16.9 Å². The van der Waals surface area contributed by atoms with Gasteiger partial charge in [0.25, 0.3) is 0 Å². The standard InChI is InChI=1S/C22H28O7/c1-23-16-8-6-14(7-9-16)18(25-3)12-17(24-2)10-15-11-19(26-4)21-22(20(15)27-5)29-13-28-21/h6-9,11,17-18H,10,12-13H2,1-5H3/t17-,18+/m0/s1. The Morgan fingerprint density at radius 1 is 0.862 bits per heavy atom. The summed E-state index contributed by atoms with van der Waals surface area (Å²) in [5.41, 5.74) is 1.98. The van der Waals surface area contributed by atoms with Crippen LogP contribution in [0.2, 0.25) is 0 Å². The normalized spacial score (nSPS) is 14.4. The highest BCUT2D eigenvalue weighted by Crippen LogP contribution is 2.50. The molecule has 0 N–H and O–H groups in total. The summed E-state index contributed by atoms with van der Waals surface area (Å²) >= 11 is 0. The van der Waals surface area contributed by atoms with Crippen LogP contribution in [0, 0.1) is 0 Å². The van der Waals surface area contributed by atoms with E-state index >= 15 is 0 Å². The molecule has 1 aliphatic rings. The number of fused-ring (bicyclic) bond motifs is 1. The molecule has 3 rings (SSSR count). The van der Waals surface area contributed by atoms with E-state index in [9.17, 15) is 0 Å². The van der Waals surface area contributed by atoms with E-state index in [4.69, 9.17) is 33.2 Å². The quantitative estimate of drug-likeness (QED) is 0.597. The highest BCUT2D eigenvalue weighted by Gasteiger charge is 2.29. The van der Waals surface area contributed by atoms with E-state index < -0.39 is 0 Å². The summed E-state index contributed by atoms with van der Waals surface area (Å²) in [7, 11) is 8.26. The second-order valence-corrected chi connectivity index (χ2v) is 6.63. The molecule has 1 heterocycles. The molecule has 0 saturated carbocycles. The van der Waals surface area contributed by atoms with Crippen LogP contribution < -0.4 is 23.7 Å². The van der Waals surface area contributed by atoms with E-state index in [1.165, 1.54) is 0 Å². The van der Waals surface area contributed by atoms with Gasteiger partial charge in [-0.25, -0.2) is 0 Å². The number of hydrogen-bond acceptors (Lipinski definition) is 7. The Morgan fingerprint density at radius 3 is 2.17 bits per heavy atom. The fraction of sp³-hybridized carbons (Fsp3) is 0.455. The first-order valence-electron chi connectivity index (χ1n) is 9.38.